The zero-order valence-electron chi connectivity index (χ0n) is 10.2. The standard InChI is InChI=1S/C15H16Cl2O/c16-13-10-6-9-12(14(13)17)15(18)11-7-4-2-1-3-5-8-11/h6-7,9-10H,1-5,8H2/b11-7+. The maximum atomic E-state index is 12.4. The van der Waals surface area contributed by atoms with Crippen molar-refractivity contribution in [3.8, 4) is 0 Å². The third-order valence-electron chi connectivity index (χ3n) is 3.28. The lowest BCUT2D eigenvalue weighted by molar-refractivity contribution is 0.102. The van der Waals surface area contributed by atoms with Gasteiger partial charge < -0.3 is 0 Å². The highest BCUT2D eigenvalue weighted by Crippen LogP contribution is 2.29. The molecule has 0 aromatic heterocycles. The van der Waals surface area contributed by atoms with Gasteiger partial charge in [-0.1, -0.05) is 48.2 Å². The van der Waals surface area contributed by atoms with Gasteiger partial charge in [0.2, 0.25) is 0 Å². The maximum Gasteiger partial charge on any atom is 0.190 e. The molecule has 1 aromatic rings. The van der Waals surface area contributed by atoms with Crippen molar-refractivity contribution in [2.24, 2.45) is 0 Å². The molecule has 0 unspecified atom stereocenters. The Balaban J connectivity index is 2.26. The summed E-state index contributed by atoms with van der Waals surface area (Å²) >= 11 is 12.1. The van der Waals surface area contributed by atoms with Crippen molar-refractivity contribution < 1.29 is 4.79 Å². The van der Waals surface area contributed by atoms with E-state index in [-0.39, 0.29) is 5.78 Å². The SMILES string of the molecule is O=C(/C1=C/CCCCCC1)c1cccc(Cl)c1Cl. The van der Waals surface area contributed by atoms with E-state index >= 15 is 0 Å². The Morgan fingerprint density at radius 1 is 1.06 bits per heavy atom. The molecule has 0 saturated carbocycles. The molecule has 1 aliphatic rings. The highest BCUT2D eigenvalue weighted by molar-refractivity contribution is 6.44. The zero-order valence-corrected chi connectivity index (χ0v) is 11.7. The van der Waals surface area contributed by atoms with Crippen LogP contribution in [-0.4, -0.2) is 5.78 Å². The summed E-state index contributed by atoms with van der Waals surface area (Å²) in [6.07, 6.45) is 8.61. The van der Waals surface area contributed by atoms with E-state index in [2.05, 4.69) is 6.08 Å². The normalized spacial score (nSPS) is 19.6. The number of allylic oxidation sites excluding steroid dienone is 2. The highest BCUT2D eigenvalue weighted by atomic mass is 35.5. The van der Waals surface area contributed by atoms with Crippen LogP contribution in [0.3, 0.4) is 0 Å². The summed E-state index contributed by atoms with van der Waals surface area (Å²) in [7, 11) is 0. The first-order valence-corrected chi connectivity index (χ1v) is 7.13. The molecule has 0 amide bonds. The van der Waals surface area contributed by atoms with Crippen LogP contribution in [0, 0.1) is 0 Å². The van der Waals surface area contributed by atoms with Crippen molar-refractivity contribution in [2.45, 2.75) is 38.5 Å². The lowest BCUT2D eigenvalue weighted by atomic mass is 9.94. The van der Waals surface area contributed by atoms with E-state index in [0.29, 0.717) is 15.6 Å². The van der Waals surface area contributed by atoms with Gasteiger partial charge in [-0.05, 0) is 43.4 Å². The van der Waals surface area contributed by atoms with Crippen molar-refractivity contribution >= 4 is 29.0 Å². The van der Waals surface area contributed by atoms with Crippen LogP contribution in [0.4, 0.5) is 0 Å². The first-order chi connectivity index (χ1) is 8.70. The molecule has 3 heteroatoms. The van der Waals surface area contributed by atoms with Crippen molar-refractivity contribution in [1.82, 2.24) is 0 Å². The third kappa shape index (κ3) is 3.15. The van der Waals surface area contributed by atoms with Crippen molar-refractivity contribution in [1.29, 1.82) is 0 Å². The number of rotatable bonds is 2. The van der Waals surface area contributed by atoms with Gasteiger partial charge in [0, 0.05) is 5.56 Å². The summed E-state index contributed by atoms with van der Waals surface area (Å²) in [5, 5.41) is 0.807. The van der Waals surface area contributed by atoms with Crippen LogP contribution in [0.5, 0.6) is 0 Å². The number of benzene rings is 1. The van der Waals surface area contributed by atoms with Gasteiger partial charge in [0.05, 0.1) is 10.0 Å². The molecule has 18 heavy (non-hydrogen) atoms. The number of hydrogen-bond donors (Lipinski definition) is 0. The summed E-state index contributed by atoms with van der Waals surface area (Å²) < 4.78 is 0. The molecule has 0 N–H and O–H groups in total. The minimum absolute atomic E-state index is 0.0319. The smallest absolute Gasteiger partial charge is 0.190 e. The molecule has 2 rings (SSSR count). The Morgan fingerprint density at radius 2 is 1.83 bits per heavy atom. The van der Waals surface area contributed by atoms with Crippen LogP contribution in [0.1, 0.15) is 48.9 Å². The predicted molar refractivity (Wildman–Crippen MR) is 76.6 cm³/mol. The second-order valence-corrected chi connectivity index (χ2v) is 5.40. The fourth-order valence-corrected chi connectivity index (χ4v) is 2.64. The quantitative estimate of drug-likeness (QED) is 0.659. The first-order valence-electron chi connectivity index (χ1n) is 6.38. The van der Waals surface area contributed by atoms with Crippen LogP contribution in [0.2, 0.25) is 10.0 Å². The van der Waals surface area contributed by atoms with Crippen LogP contribution < -0.4 is 0 Å². The van der Waals surface area contributed by atoms with Gasteiger partial charge in [-0.2, -0.15) is 0 Å². The van der Waals surface area contributed by atoms with Crippen LogP contribution in [-0.2, 0) is 0 Å². The van der Waals surface area contributed by atoms with Crippen molar-refractivity contribution in [2.75, 3.05) is 0 Å². The molecule has 0 heterocycles. The molecule has 0 bridgehead atoms. The molecule has 0 radical (unpaired) electrons. The number of carbonyl (C=O) groups excluding carboxylic acids is 1. The van der Waals surface area contributed by atoms with Gasteiger partial charge in [0.15, 0.2) is 5.78 Å². The lowest BCUT2D eigenvalue weighted by Crippen LogP contribution is -2.06. The van der Waals surface area contributed by atoms with Crippen LogP contribution >= 0.6 is 23.2 Å². The second-order valence-electron chi connectivity index (χ2n) is 4.61. The zero-order chi connectivity index (χ0) is 13.0. The van der Waals surface area contributed by atoms with Gasteiger partial charge in [0.1, 0.15) is 0 Å². The Labute approximate surface area is 118 Å². The first kappa shape index (κ1) is 13.6. The molecule has 1 aliphatic carbocycles. The number of Topliss-reactive ketones (excluding diaryl/α,β-unsaturated/α-hetero) is 1. The summed E-state index contributed by atoms with van der Waals surface area (Å²) in [6, 6.07) is 5.22. The van der Waals surface area contributed by atoms with Gasteiger partial charge in [0.25, 0.3) is 0 Å². The van der Waals surface area contributed by atoms with Gasteiger partial charge in [-0.25, -0.2) is 0 Å². The number of carbonyl (C=O) groups is 1. The predicted octanol–water partition coefficient (Wildman–Crippen LogP) is 5.46. The summed E-state index contributed by atoms with van der Waals surface area (Å²) in [5.74, 6) is 0.0319. The van der Waals surface area contributed by atoms with Gasteiger partial charge >= 0.3 is 0 Å². The molecule has 0 fully saturated rings. The molecule has 0 atom stereocenters. The molecule has 0 saturated heterocycles. The van der Waals surface area contributed by atoms with Crippen LogP contribution in [0.25, 0.3) is 0 Å². The van der Waals surface area contributed by atoms with Crippen molar-refractivity contribution in [3.63, 3.8) is 0 Å². The Bertz CT molecular complexity index is 477. The van der Waals surface area contributed by atoms with E-state index in [9.17, 15) is 4.79 Å². The average molecular weight is 283 g/mol. The Hall–Kier alpha value is -0.790. The molecular weight excluding hydrogens is 267 g/mol. The topological polar surface area (TPSA) is 17.1 Å². The van der Waals surface area contributed by atoms with E-state index in [1.165, 1.54) is 19.3 Å². The Kier molecular flexibility index (Phi) is 4.85. The number of halogens is 2. The summed E-state index contributed by atoms with van der Waals surface area (Å²) in [5.41, 5.74) is 1.41. The van der Waals surface area contributed by atoms with E-state index < -0.39 is 0 Å². The minimum Gasteiger partial charge on any atom is -0.289 e. The second kappa shape index (κ2) is 6.40. The summed E-state index contributed by atoms with van der Waals surface area (Å²) in [6.45, 7) is 0. The molecule has 96 valence electrons. The molecule has 0 aliphatic heterocycles. The fraction of sp³-hybridized carbons (Fsp3) is 0.400. The molecular formula is C15H16Cl2O. The van der Waals surface area contributed by atoms with E-state index in [1.807, 2.05) is 0 Å². The fourth-order valence-electron chi connectivity index (χ4n) is 2.25. The Morgan fingerprint density at radius 3 is 2.67 bits per heavy atom. The monoisotopic (exact) mass is 282 g/mol. The van der Waals surface area contributed by atoms with Gasteiger partial charge in [-0.15, -0.1) is 0 Å². The van der Waals surface area contributed by atoms with Gasteiger partial charge in [-0.3, -0.25) is 4.79 Å². The van der Waals surface area contributed by atoms with Crippen LogP contribution in [0.15, 0.2) is 29.8 Å². The molecule has 0 spiro atoms. The summed E-state index contributed by atoms with van der Waals surface area (Å²) in [4.78, 5) is 12.4. The number of hydrogen-bond acceptors (Lipinski definition) is 1. The highest BCUT2D eigenvalue weighted by Gasteiger charge is 2.17. The average Bonchev–Trinajstić information content (AvgIpc) is 2.31. The third-order valence-corrected chi connectivity index (χ3v) is 4.10. The maximum absolute atomic E-state index is 12.4. The van der Waals surface area contributed by atoms with E-state index in [4.69, 9.17) is 23.2 Å². The lowest BCUT2D eigenvalue weighted by Gasteiger charge is -2.11. The van der Waals surface area contributed by atoms with E-state index in [0.717, 1.165) is 24.8 Å². The largest absolute Gasteiger partial charge is 0.289 e. The number of ketones is 1. The van der Waals surface area contributed by atoms with Crippen molar-refractivity contribution in [3.05, 3.63) is 45.5 Å². The molecule has 1 aromatic carbocycles. The van der Waals surface area contributed by atoms with E-state index in [1.54, 1.807) is 18.2 Å². The molecule has 1 nitrogen and oxygen atoms in total. The minimum atomic E-state index is 0.0319.